The molecule has 0 aromatic heterocycles. The smallest absolute Gasteiger partial charge is 0.178 e. The molecule has 1 aromatic rings. The highest BCUT2D eigenvalue weighted by Crippen LogP contribution is 2.21. The van der Waals surface area contributed by atoms with Gasteiger partial charge in [0, 0.05) is 5.56 Å². The van der Waals surface area contributed by atoms with Crippen LogP contribution in [0.5, 0.6) is 0 Å². The van der Waals surface area contributed by atoms with E-state index in [0.29, 0.717) is 5.56 Å². The normalized spacial score (nSPS) is 10.8. The number of hydrogen-bond donors (Lipinski definition) is 2. The first-order valence-corrected chi connectivity index (χ1v) is 3.97. The van der Waals surface area contributed by atoms with Crippen molar-refractivity contribution >= 4 is 0 Å². The fourth-order valence-electron chi connectivity index (χ4n) is 1.26. The lowest BCUT2D eigenvalue weighted by molar-refractivity contribution is -0.0429. The third kappa shape index (κ3) is 1.49. The molecule has 2 heteroatoms. The van der Waals surface area contributed by atoms with E-state index in [9.17, 15) is 0 Å². The van der Waals surface area contributed by atoms with Crippen molar-refractivity contribution in [2.75, 3.05) is 0 Å². The summed E-state index contributed by atoms with van der Waals surface area (Å²) >= 11 is 0. The lowest BCUT2D eigenvalue weighted by Gasteiger charge is -2.12. The Morgan fingerprint density at radius 2 is 1.58 bits per heavy atom. The Morgan fingerprint density at radius 3 is 2.08 bits per heavy atom. The molecule has 12 heavy (non-hydrogen) atoms. The molecule has 0 unspecified atom stereocenters. The Labute approximate surface area is 72.5 Å². The molecule has 0 saturated heterocycles. The van der Waals surface area contributed by atoms with Gasteiger partial charge in [-0.2, -0.15) is 0 Å². The predicted octanol–water partition coefficient (Wildman–Crippen LogP) is 1.60. The minimum Gasteiger partial charge on any atom is -0.364 e. The zero-order valence-electron chi connectivity index (χ0n) is 7.63. The number of aryl methyl sites for hydroxylation is 1. The second kappa shape index (κ2) is 3.25. The second-order valence-electron chi connectivity index (χ2n) is 3.10. The molecule has 0 heterocycles. The van der Waals surface area contributed by atoms with Crippen molar-refractivity contribution in [3.8, 4) is 0 Å². The van der Waals surface area contributed by atoms with Crippen molar-refractivity contribution in [3.63, 3.8) is 0 Å². The summed E-state index contributed by atoms with van der Waals surface area (Å²) in [5.41, 5.74) is 3.86. The van der Waals surface area contributed by atoms with E-state index in [1.165, 1.54) is 5.56 Å². The molecule has 0 spiro atoms. The van der Waals surface area contributed by atoms with Gasteiger partial charge in [-0.05, 0) is 37.5 Å². The Kier molecular flexibility index (Phi) is 2.50. The van der Waals surface area contributed by atoms with Crippen LogP contribution in [-0.2, 0) is 0 Å². The molecule has 1 aromatic carbocycles. The largest absolute Gasteiger partial charge is 0.364 e. The van der Waals surface area contributed by atoms with Crippen molar-refractivity contribution in [3.05, 3.63) is 34.4 Å². The average Bonchev–Trinajstić information content (AvgIpc) is 2.00. The van der Waals surface area contributed by atoms with Gasteiger partial charge in [0.15, 0.2) is 6.29 Å². The van der Waals surface area contributed by atoms with E-state index in [2.05, 4.69) is 0 Å². The first kappa shape index (κ1) is 9.23. The molecule has 0 saturated carbocycles. The van der Waals surface area contributed by atoms with Crippen LogP contribution in [0.1, 0.15) is 28.5 Å². The van der Waals surface area contributed by atoms with Gasteiger partial charge in [-0.25, -0.2) is 0 Å². The van der Waals surface area contributed by atoms with Gasteiger partial charge in [-0.1, -0.05) is 12.1 Å². The summed E-state index contributed by atoms with van der Waals surface area (Å²) in [5.74, 6) is 0. The zero-order valence-corrected chi connectivity index (χ0v) is 7.63. The average molecular weight is 166 g/mol. The van der Waals surface area contributed by atoms with Crippen LogP contribution >= 0.6 is 0 Å². The molecular formula is C10H14O2. The third-order valence-corrected chi connectivity index (χ3v) is 2.38. The molecule has 1 rings (SSSR count). The van der Waals surface area contributed by atoms with E-state index in [0.717, 1.165) is 11.1 Å². The van der Waals surface area contributed by atoms with Crippen LogP contribution in [0.4, 0.5) is 0 Å². The van der Waals surface area contributed by atoms with Crippen molar-refractivity contribution < 1.29 is 10.2 Å². The van der Waals surface area contributed by atoms with Gasteiger partial charge in [0.25, 0.3) is 0 Å². The fourth-order valence-corrected chi connectivity index (χ4v) is 1.26. The molecule has 0 radical (unpaired) electrons. The molecular weight excluding hydrogens is 152 g/mol. The number of benzene rings is 1. The fraction of sp³-hybridized carbons (Fsp3) is 0.400. The highest BCUT2D eigenvalue weighted by Gasteiger charge is 2.08. The quantitative estimate of drug-likeness (QED) is 0.622. The van der Waals surface area contributed by atoms with Crippen LogP contribution in [0.3, 0.4) is 0 Å². The van der Waals surface area contributed by atoms with E-state index in [-0.39, 0.29) is 0 Å². The summed E-state index contributed by atoms with van der Waals surface area (Å²) in [6.45, 7) is 5.89. The van der Waals surface area contributed by atoms with E-state index < -0.39 is 6.29 Å². The Hall–Kier alpha value is -0.860. The van der Waals surface area contributed by atoms with Crippen LogP contribution in [0, 0.1) is 20.8 Å². The van der Waals surface area contributed by atoms with Gasteiger partial charge in [-0.15, -0.1) is 0 Å². The maximum absolute atomic E-state index is 8.98. The van der Waals surface area contributed by atoms with Gasteiger partial charge < -0.3 is 10.2 Å². The lowest BCUT2D eigenvalue weighted by Crippen LogP contribution is -2.00. The first-order chi connectivity index (χ1) is 5.54. The molecule has 0 aliphatic rings. The molecule has 0 fully saturated rings. The van der Waals surface area contributed by atoms with Gasteiger partial charge in [0.1, 0.15) is 0 Å². The predicted molar refractivity (Wildman–Crippen MR) is 47.8 cm³/mol. The van der Waals surface area contributed by atoms with E-state index in [4.69, 9.17) is 10.2 Å². The second-order valence-corrected chi connectivity index (χ2v) is 3.10. The van der Waals surface area contributed by atoms with Crippen LogP contribution in [0.25, 0.3) is 0 Å². The molecule has 0 bridgehead atoms. The molecule has 66 valence electrons. The van der Waals surface area contributed by atoms with Gasteiger partial charge in [-0.3, -0.25) is 0 Å². The van der Waals surface area contributed by atoms with Crippen molar-refractivity contribution in [2.24, 2.45) is 0 Å². The zero-order chi connectivity index (χ0) is 9.30. The molecule has 0 aliphatic heterocycles. The van der Waals surface area contributed by atoms with E-state index in [1.807, 2.05) is 26.8 Å². The Morgan fingerprint density at radius 1 is 1.00 bits per heavy atom. The topological polar surface area (TPSA) is 40.5 Å². The van der Waals surface area contributed by atoms with Gasteiger partial charge in [0.2, 0.25) is 0 Å². The van der Waals surface area contributed by atoms with Crippen LogP contribution in [0.2, 0.25) is 0 Å². The van der Waals surface area contributed by atoms with Crippen LogP contribution in [0.15, 0.2) is 12.1 Å². The van der Waals surface area contributed by atoms with Gasteiger partial charge in [0.05, 0.1) is 0 Å². The summed E-state index contributed by atoms with van der Waals surface area (Å²) in [7, 11) is 0. The number of aliphatic hydroxyl groups excluding tert-OH is 1. The first-order valence-electron chi connectivity index (χ1n) is 3.97. The van der Waals surface area contributed by atoms with Crippen molar-refractivity contribution in [1.29, 1.82) is 0 Å². The standard InChI is InChI=1S/C10H14O2/c1-6-4-5-9(10(11)12)8(3)7(6)2/h4-5,10-12H,1-3H3. The number of hydrogen-bond acceptors (Lipinski definition) is 2. The summed E-state index contributed by atoms with van der Waals surface area (Å²) in [5, 5.41) is 18.0. The SMILES string of the molecule is Cc1ccc(C(O)O)c(C)c1C. The van der Waals surface area contributed by atoms with Gasteiger partial charge >= 0.3 is 0 Å². The molecule has 2 nitrogen and oxygen atoms in total. The molecule has 0 amide bonds. The van der Waals surface area contributed by atoms with E-state index in [1.54, 1.807) is 6.07 Å². The highest BCUT2D eigenvalue weighted by atomic mass is 16.5. The summed E-state index contributed by atoms with van der Waals surface area (Å²) < 4.78 is 0. The number of rotatable bonds is 1. The minimum absolute atomic E-state index is 0.595. The summed E-state index contributed by atoms with van der Waals surface area (Å²) in [4.78, 5) is 0. The Bertz CT molecular complexity index is 290. The molecule has 0 aliphatic carbocycles. The summed E-state index contributed by atoms with van der Waals surface area (Å²) in [6, 6.07) is 3.65. The van der Waals surface area contributed by atoms with Crippen LogP contribution in [-0.4, -0.2) is 10.2 Å². The summed E-state index contributed by atoms with van der Waals surface area (Å²) in [6.07, 6.45) is -1.36. The van der Waals surface area contributed by atoms with E-state index >= 15 is 0 Å². The molecule has 0 atom stereocenters. The lowest BCUT2D eigenvalue weighted by atomic mass is 9.99. The van der Waals surface area contributed by atoms with Crippen LogP contribution < -0.4 is 0 Å². The third-order valence-electron chi connectivity index (χ3n) is 2.38. The minimum atomic E-state index is -1.36. The highest BCUT2D eigenvalue weighted by molar-refractivity contribution is 5.39. The maximum Gasteiger partial charge on any atom is 0.178 e. The molecule has 2 N–H and O–H groups in total. The van der Waals surface area contributed by atoms with Crippen molar-refractivity contribution in [2.45, 2.75) is 27.1 Å². The Balaban J connectivity index is 3.27. The monoisotopic (exact) mass is 166 g/mol. The number of aliphatic hydroxyl groups is 2. The van der Waals surface area contributed by atoms with Crippen molar-refractivity contribution in [1.82, 2.24) is 0 Å². The maximum atomic E-state index is 8.98.